The van der Waals surface area contributed by atoms with Crippen LogP contribution in [0.15, 0.2) is 42.5 Å². The summed E-state index contributed by atoms with van der Waals surface area (Å²) >= 11 is 0. The second-order valence-electron chi connectivity index (χ2n) is 6.39. The van der Waals surface area contributed by atoms with Crippen LogP contribution in [-0.2, 0) is 10.3 Å². The summed E-state index contributed by atoms with van der Waals surface area (Å²) in [7, 11) is 0. The van der Waals surface area contributed by atoms with E-state index in [-0.39, 0.29) is 5.91 Å². The number of hydrogen-bond donors (Lipinski definition) is 3. The van der Waals surface area contributed by atoms with E-state index in [1.54, 1.807) is 31.2 Å². The van der Waals surface area contributed by atoms with E-state index in [9.17, 15) is 14.4 Å². The Hall–Kier alpha value is -3.15. The molecule has 1 fully saturated rings. The summed E-state index contributed by atoms with van der Waals surface area (Å²) in [5.41, 5.74) is 2.48. The molecule has 25 heavy (non-hydrogen) atoms. The predicted molar refractivity (Wildman–Crippen MR) is 94.3 cm³/mol. The highest BCUT2D eigenvalue weighted by molar-refractivity contribution is 6.08. The summed E-state index contributed by atoms with van der Waals surface area (Å²) in [4.78, 5) is 36.1. The van der Waals surface area contributed by atoms with E-state index in [0.29, 0.717) is 16.8 Å². The van der Waals surface area contributed by atoms with Gasteiger partial charge in [0.15, 0.2) is 0 Å². The lowest BCUT2D eigenvalue weighted by molar-refractivity contribution is -0.123. The van der Waals surface area contributed by atoms with Gasteiger partial charge in [0.25, 0.3) is 11.8 Å². The number of benzene rings is 2. The summed E-state index contributed by atoms with van der Waals surface area (Å²) in [6.45, 7) is 5.43. The molecule has 2 aromatic carbocycles. The highest BCUT2D eigenvalue weighted by Gasteiger charge is 2.43. The topological polar surface area (TPSA) is 87.3 Å². The van der Waals surface area contributed by atoms with Gasteiger partial charge < -0.3 is 10.6 Å². The highest BCUT2D eigenvalue weighted by Crippen LogP contribution is 2.26. The number of hydrogen-bond acceptors (Lipinski definition) is 3. The van der Waals surface area contributed by atoms with Gasteiger partial charge in [-0.2, -0.15) is 0 Å². The van der Waals surface area contributed by atoms with E-state index in [2.05, 4.69) is 16.0 Å². The van der Waals surface area contributed by atoms with Crippen LogP contribution < -0.4 is 16.0 Å². The Morgan fingerprint density at radius 3 is 2.52 bits per heavy atom. The van der Waals surface area contributed by atoms with E-state index >= 15 is 0 Å². The number of nitrogens with one attached hydrogen (secondary N) is 3. The molecule has 0 radical (unpaired) electrons. The summed E-state index contributed by atoms with van der Waals surface area (Å²) in [5, 5.41) is 7.69. The number of amides is 4. The lowest BCUT2D eigenvalue weighted by Crippen LogP contribution is -2.40. The first-order valence-corrected chi connectivity index (χ1v) is 7.92. The van der Waals surface area contributed by atoms with Crippen LogP contribution in [-0.4, -0.2) is 17.8 Å². The number of carbonyl (C=O) groups excluding carboxylic acids is 3. The summed E-state index contributed by atoms with van der Waals surface area (Å²) < 4.78 is 0. The van der Waals surface area contributed by atoms with Gasteiger partial charge in [0.05, 0.1) is 0 Å². The van der Waals surface area contributed by atoms with Crippen LogP contribution in [0.5, 0.6) is 0 Å². The van der Waals surface area contributed by atoms with Crippen LogP contribution >= 0.6 is 0 Å². The van der Waals surface area contributed by atoms with Crippen LogP contribution in [0, 0.1) is 13.8 Å². The standard InChI is InChI=1S/C19H19N3O3/c1-11-7-8-12(2)15(9-11)16(23)20-14-6-4-5-13(10-14)19(3)17(24)21-18(25)22-19/h4-10H,1-3H3,(H,20,23)(H2,21,22,24,25). The quantitative estimate of drug-likeness (QED) is 0.752. The molecule has 1 atom stereocenters. The first-order valence-electron chi connectivity index (χ1n) is 7.92. The molecule has 1 aliphatic rings. The SMILES string of the molecule is Cc1ccc(C)c(C(=O)Nc2cccc(C3(C)NC(=O)NC3=O)c2)c1. The van der Waals surface area contributed by atoms with E-state index < -0.39 is 17.5 Å². The van der Waals surface area contributed by atoms with Gasteiger partial charge in [-0.05, 0) is 50.1 Å². The highest BCUT2D eigenvalue weighted by atomic mass is 16.2. The second-order valence-corrected chi connectivity index (χ2v) is 6.39. The zero-order chi connectivity index (χ0) is 18.2. The minimum atomic E-state index is -1.16. The summed E-state index contributed by atoms with van der Waals surface area (Å²) in [6, 6.07) is 12.1. The molecule has 6 nitrogen and oxygen atoms in total. The van der Waals surface area contributed by atoms with Gasteiger partial charge in [-0.1, -0.05) is 29.8 Å². The molecule has 0 spiro atoms. The van der Waals surface area contributed by atoms with Gasteiger partial charge in [-0.3, -0.25) is 14.9 Å². The van der Waals surface area contributed by atoms with Crippen LogP contribution in [0.2, 0.25) is 0 Å². The first kappa shape index (κ1) is 16.7. The van der Waals surface area contributed by atoms with Crippen molar-refractivity contribution in [3.8, 4) is 0 Å². The van der Waals surface area contributed by atoms with Gasteiger partial charge in [0, 0.05) is 11.3 Å². The maximum Gasteiger partial charge on any atom is 0.322 e. The summed E-state index contributed by atoms with van der Waals surface area (Å²) in [5.74, 6) is -0.640. The van der Waals surface area contributed by atoms with Crippen molar-refractivity contribution in [3.05, 3.63) is 64.7 Å². The van der Waals surface area contributed by atoms with Crippen molar-refractivity contribution in [1.82, 2.24) is 10.6 Å². The largest absolute Gasteiger partial charge is 0.322 e. The van der Waals surface area contributed by atoms with Crippen molar-refractivity contribution in [1.29, 1.82) is 0 Å². The Morgan fingerprint density at radius 1 is 1.08 bits per heavy atom. The lowest BCUT2D eigenvalue weighted by atomic mass is 9.92. The van der Waals surface area contributed by atoms with E-state index in [0.717, 1.165) is 11.1 Å². The molecule has 128 valence electrons. The van der Waals surface area contributed by atoms with E-state index in [1.165, 1.54) is 0 Å². The molecule has 3 rings (SSSR count). The van der Waals surface area contributed by atoms with E-state index in [4.69, 9.17) is 0 Å². The fraction of sp³-hybridized carbons (Fsp3) is 0.211. The number of anilines is 1. The van der Waals surface area contributed by atoms with E-state index in [1.807, 2.05) is 32.0 Å². The molecule has 6 heteroatoms. The predicted octanol–water partition coefficient (Wildman–Crippen LogP) is 2.61. The Balaban J connectivity index is 1.87. The third-order valence-corrected chi connectivity index (χ3v) is 4.38. The third kappa shape index (κ3) is 3.10. The molecule has 0 aromatic heterocycles. The van der Waals surface area contributed by atoms with Crippen molar-refractivity contribution in [2.75, 3.05) is 5.32 Å². The minimum absolute atomic E-state index is 0.219. The zero-order valence-corrected chi connectivity index (χ0v) is 14.3. The normalized spacial score (nSPS) is 19.3. The average molecular weight is 337 g/mol. The van der Waals surface area contributed by atoms with Crippen molar-refractivity contribution in [2.24, 2.45) is 0 Å². The molecule has 2 aromatic rings. The van der Waals surface area contributed by atoms with Crippen molar-refractivity contribution in [2.45, 2.75) is 26.3 Å². The molecule has 0 aliphatic carbocycles. The monoisotopic (exact) mass is 337 g/mol. The number of aryl methyl sites for hydroxylation is 2. The molecule has 0 bridgehead atoms. The molecular weight excluding hydrogens is 318 g/mol. The fourth-order valence-corrected chi connectivity index (χ4v) is 2.83. The Kier molecular flexibility index (Phi) is 4.04. The molecule has 0 saturated carbocycles. The van der Waals surface area contributed by atoms with Gasteiger partial charge in [0.1, 0.15) is 5.54 Å². The van der Waals surface area contributed by atoms with Crippen LogP contribution in [0.3, 0.4) is 0 Å². The first-order chi connectivity index (χ1) is 11.8. The number of rotatable bonds is 3. The van der Waals surface area contributed by atoms with Crippen LogP contribution in [0.4, 0.5) is 10.5 Å². The maximum absolute atomic E-state index is 12.6. The van der Waals surface area contributed by atoms with Gasteiger partial charge >= 0.3 is 6.03 Å². The average Bonchev–Trinajstić information content (AvgIpc) is 2.83. The minimum Gasteiger partial charge on any atom is -0.322 e. The second kappa shape index (κ2) is 6.05. The fourth-order valence-electron chi connectivity index (χ4n) is 2.83. The number of imide groups is 1. The van der Waals surface area contributed by atoms with Crippen LogP contribution in [0.1, 0.15) is 34.0 Å². The Labute approximate surface area is 145 Å². The number of carbonyl (C=O) groups is 3. The van der Waals surface area contributed by atoms with Crippen LogP contribution in [0.25, 0.3) is 0 Å². The smallest absolute Gasteiger partial charge is 0.322 e. The zero-order valence-electron chi connectivity index (χ0n) is 14.3. The molecule has 1 saturated heterocycles. The molecule has 1 aliphatic heterocycles. The Morgan fingerprint density at radius 2 is 1.84 bits per heavy atom. The molecule has 4 amide bonds. The van der Waals surface area contributed by atoms with Crippen molar-refractivity contribution < 1.29 is 14.4 Å². The summed E-state index contributed by atoms with van der Waals surface area (Å²) in [6.07, 6.45) is 0. The molecular formula is C19H19N3O3. The van der Waals surface area contributed by atoms with Gasteiger partial charge in [-0.25, -0.2) is 4.79 Å². The van der Waals surface area contributed by atoms with Crippen molar-refractivity contribution in [3.63, 3.8) is 0 Å². The Bertz CT molecular complexity index is 891. The third-order valence-electron chi connectivity index (χ3n) is 4.38. The van der Waals surface area contributed by atoms with Crippen molar-refractivity contribution >= 4 is 23.5 Å². The lowest BCUT2D eigenvalue weighted by Gasteiger charge is -2.21. The molecule has 1 heterocycles. The maximum atomic E-state index is 12.6. The molecule has 1 unspecified atom stereocenters. The van der Waals surface area contributed by atoms with Gasteiger partial charge in [-0.15, -0.1) is 0 Å². The number of urea groups is 1. The molecule has 3 N–H and O–H groups in total. The van der Waals surface area contributed by atoms with Gasteiger partial charge in [0.2, 0.25) is 0 Å².